The van der Waals surface area contributed by atoms with Crippen molar-refractivity contribution in [3.8, 4) is 0 Å². The molecule has 1 saturated heterocycles. The molecule has 1 aliphatic rings. The first kappa shape index (κ1) is 13.9. The van der Waals surface area contributed by atoms with Crippen LogP contribution in [0.3, 0.4) is 0 Å². The SMILES string of the molecule is CCCCS(=O)(=O)N(C)CCN1CCCC1. The molecule has 1 heterocycles. The number of hydrogen-bond donors (Lipinski definition) is 0. The molecule has 5 heteroatoms. The maximum atomic E-state index is 11.8. The molecule has 0 aromatic heterocycles. The van der Waals surface area contributed by atoms with Crippen molar-refractivity contribution in [2.45, 2.75) is 32.6 Å². The van der Waals surface area contributed by atoms with Crippen LogP contribution >= 0.6 is 0 Å². The number of rotatable bonds is 7. The summed E-state index contributed by atoms with van der Waals surface area (Å²) in [7, 11) is -1.31. The van der Waals surface area contributed by atoms with Crippen LogP contribution in [0.5, 0.6) is 0 Å². The van der Waals surface area contributed by atoms with Gasteiger partial charge in [0.1, 0.15) is 0 Å². The average Bonchev–Trinajstić information content (AvgIpc) is 2.75. The minimum Gasteiger partial charge on any atom is -0.302 e. The van der Waals surface area contributed by atoms with Crippen LogP contribution in [0.4, 0.5) is 0 Å². The third-order valence-electron chi connectivity index (χ3n) is 3.16. The first-order valence-corrected chi connectivity index (χ1v) is 7.83. The molecule has 1 fully saturated rings. The van der Waals surface area contributed by atoms with Gasteiger partial charge in [0, 0.05) is 20.1 Å². The summed E-state index contributed by atoms with van der Waals surface area (Å²) in [5.41, 5.74) is 0. The minimum atomic E-state index is -3.01. The van der Waals surface area contributed by atoms with Crippen molar-refractivity contribution >= 4 is 10.0 Å². The van der Waals surface area contributed by atoms with Gasteiger partial charge in [-0.25, -0.2) is 12.7 Å². The van der Waals surface area contributed by atoms with Gasteiger partial charge in [-0.15, -0.1) is 0 Å². The van der Waals surface area contributed by atoms with Crippen LogP contribution in [0, 0.1) is 0 Å². The summed E-state index contributed by atoms with van der Waals surface area (Å²) < 4.78 is 25.1. The summed E-state index contributed by atoms with van der Waals surface area (Å²) >= 11 is 0. The second-order valence-corrected chi connectivity index (χ2v) is 6.74. The van der Waals surface area contributed by atoms with Crippen molar-refractivity contribution in [1.82, 2.24) is 9.21 Å². The lowest BCUT2D eigenvalue weighted by Crippen LogP contribution is -2.36. The second-order valence-electron chi connectivity index (χ2n) is 4.54. The van der Waals surface area contributed by atoms with E-state index in [9.17, 15) is 8.42 Å². The maximum absolute atomic E-state index is 11.8. The number of likely N-dealkylation sites (N-methyl/N-ethyl adjacent to an activating group) is 1. The van der Waals surface area contributed by atoms with E-state index in [1.165, 1.54) is 17.1 Å². The van der Waals surface area contributed by atoms with Crippen LogP contribution in [0.15, 0.2) is 0 Å². The Morgan fingerprint density at radius 3 is 2.44 bits per heavy atom. The smallest absolute Gasteiger partial charge is 0.213 e. The van der Waals surface area contributed by atoms with E-state index in [1.54, 1.807) is 7.05 Å². The van der Waals surface area contributed by atoms with Crippen LogP contribution in [-0.2, 0) is 10.0 Å². The molecule has 0 atom stereocenters. The molecule has 0 aromatic carbocycles. The molecule has 0 unspecified atom stereocenters. The first-order valence-electron chi connectivity index (χ1n) is 6.22. The highest BCUT2D eigenvalue weighted by Crippen LogP contribution is 2.08. The van der Waals surface area contributed by atoms with Gasteiger partial charge in [-0.05, 0) is 32.4 Å². The maximum Gasteiger partial charge on any atom is 0.213 e. The minimum absolute atomic E-state index is 0.292. The first-order chi connectivity index (χ1) is 7.56. The summed E-state index contributed by atoms with van der Waals surface area (Å²) in [5, 5.41) is 0. The van der Waals surface area contributed by atoms with Gasteiger partial charge in [-0.1, -0.05) is 13.3 Å². The zero-order chi connectivity index (χ0) is 12.0. The molecule has 0 aromatic rings. The Hall–Kier alpha value is -0.130. The highest BCUT2D eigenvalue weighted by atomic mass is 32.2. The number of unbranched alkanes of at least 4 members (excludes halogenated alkanes) is 1. The summed E-state index contributed by atoms with van der Waals surface area (Å²) in [6.45, 7) is 5.78. The summed E-state index contributed by atoms with van der Waals surface area (Å²) in [4.78, 5) is 2.34. The average molecular weight is 248 g/mol. The quantitative estimate of drug-likeness (QED) is 0.678. The molecule has 0 radical (unpaired) electrons. The molecule has 1 aliphatic heterocycles. The monoisotopic (exact) mass is 248 g/mol. The molecule has 0 spiro atoms. The van der Waals surface area contributed by atoms with Crippen molar-refractivity contribution in [2.24, 2.45) is 0 Å². The standard InChI is InChI=1S/C11H24N2O2S/c1-3-4-11-16(14,15)12(2)9-10-13-7-5-6-8-13/h3-11H2,1-2H3. The van der Waals surface area contributed by atoms with Gasteiger partial charge in [-0.3, -0.25) is 0 Å². The molecule has 4 nitrogen and oxygen atoms in total. The van der Waals surface area contributed by atoms with E-state index in [1.807, 2.05) is 6.92 Å². The largest absolute Gasteiger partial charge is 0.302 e. The van der Waals surface area contributed by atoms with Gasteiger partial charge in [0.15, 0.2) is 0 Å². The van der Waals surface area contributed by atoms with Crippen molar-refractivity contribution in [3.63, 3.8) is 0 Å². The number of likely N-dealkylation sites (tertiary alicyclic amines) is 1. The van der Waals surface area contributed by atoms with Gasteiger partial charge in [0.2, 0.25) is 10.0 Å². The fraction of sp³-hybridized carbons (Fsp3) is 1.00. The van der Waals surface area contributed by atoms with Crippen LogP contribution < -0.4 is 0 Å². The zero-order valence-corrected chi connectivity index (χ0v) is 11.3. The van der Waals surface area contributed by atoms with Crippen LogP contribution in [0.1, 0.15) is 32.6 Å². The van der Waals surface area contributed by atoms with E-state index >= 15 is 0 Å². The molecule has 0 bridgehead atoms. The summed E-state index contributed by atoms with van der Waals surface area (Å²) in [5.74, 6) is 0.292. The van der Waals surface area contributed by atoms with Gasteiger partial charge < -0.3 is 4.90 Å². The van der Waals surface area contributed by atoms with Gasteiger partial charge in [-0.2, -0.15) is 0 Å². The van der Waals surface area contributed by atoms with E-state index < -0.39 is 10.0 Å². The zero-order valence-electron chi connectivity index (χ0n) is 10.5. The van der Waals surface area contributed by atoms with Crippen LogP contribution in [0.25, 0.3) is 0 Å². The number of nitrogens with zero attached hydrogens (tertiary/aromatic N) is 2. The Labute approximate surface area is 99.7 Å². The fourth-order valence-corrected chi connectivity index (χ4v) is 3.24. The molecule has 1 rings (SSSR count). The van der Waals surface area contributed by atoms with Crippen molar-refractivity contribution < 1.29 is 8.42 Å². The topological polar surface area (TPSA) is 40.6 Å². The predicted molar refractivity (Wildman–Crippen MR) is 67.0 cm³/mol. The van der Waals surface area contributed by atoms with E-state index in [0.29, 0.717) is 12.3 Å². The van der Waals surface area contributed by atoms with Crippen LogP contribution in [0.2, 0.25) is 0 Å². The molecule has 96 valence electrons. The molecule has 0 amide bonds. The van der Waals surface area contributed by atoms with Gasteiger partial charge in [0.25, 0.3) is 0 Å². The lowest BCUT2D eigenvalue weighted by molar-refractivity contribution is 0.310. The van der Waals surface area contributed by atoms with Crippen molar-refractivity contribution in [2.75, 3.05) is 39.0 Å². The summed E-state index contributed by atoms with van der Waals surface area (Å²) in [6, 6.07) is 0. The molecule has 0 N–H and O–H groups in total. The van der Waals surface area contributed by atoms with E-state index in [-0.39, 0.29) is 0 Å². The molecule has 16 heavy (non-hydrogen) atoms. The van der Waals surface area contributed by atoms with E-state index in [2.05, 4.69) is 4.90 Å². The Morgan fingerprint density at radius 2 is 1.88 bits per heavy atom. The lowest BCUT2D eigenvalue weighted by atomic mass is 10.4. The van der Waals surface area contributed by atoms with Gasteiger partial charge >= 0.3 is 0 Å². The third kappa shape index (κ3) is 4.39. The normalized spacial score (nSPS) is 18.4. The molecule has 0 aliphatic carbocycles. The van der Waals surface area contributed by atoms with E-state index in [4.69, 9.17) is 0 Å². The molecular weight excluding hydrogens is 224 g/mol. The number of hydrogen-bond acceptors (Lipinski definition) is 3. The van der Waals surface area contributed by atoms with Crippen LogP contribution in [-0.4, -0.2) is 56.6 Å². The fourth-order valence-electron chi connectivity index (χ4n) is 1.91. The van der Waals surface area contributed by atoms with Crippen molar-refractivity contribution in [1.29, 1.82) is 0 Å². The second kappa shape index (κ2) is 6.57. The Bertz CT molecular complexity index is 284. The Kier molecular flexibility index (Phi) is 5.72. The molecule has 0 saturated carbocycles. The third-order valence-corrected chi connectivity index (χ3v) is 5.10. The number of sulfonamides is 1. The lowest BCUT2D eigenvalue weighted by Gasteiger charge is -2.21. The highest BCUT2D eigenvalue weighted by Gasteiger charge is 2.18. The van der Waals surface area contributed by atoms with Crippen molar-refractivity contribution in [3.05, 3.63) is 0 Å². The summed E-state index contributed by atoms with van der Waals surface area (Å²) in [6.07, 6.45) is 4.20. The molecular formula is C11H24N2O2S. The Balaban J connectivity index is 2.29. The van der Waals surface area contributed by atoms with Gasteiger partial charge in [0.05, 0.1) is 5.75 Å². The highest BCUT2D eigenvalue weighted by molar-refractivity contribution is 7.89. The van der Waals surface area contributed by atoms with E-state index in [0.717, 1.165) is 32.5 Å². The Morgan fingerprint density at radius 1 is 1.25 bits per heavy atom. The predicted octanol–water partition coefficient (Wildman–Crippen LogP) is 1.14.